The number of carboxylic acids is 1. The van der Waals surface area contributed by atoms with E-state index < -0.39 is 23.4 Å². The number of carbonyl (C=O) groups is 1. The van der Waals surface area contributed by atoms with E-state index in [1.165, 1.54) is 36.4 Å². The number of hydrogen-bond acceptors (Lipinski definition) is 6. The first-order valence-corrected chi connectivity index (χ1v) is 14.3. The molecular formula is C34H27F3N4O4. The van der Waals surface area contributed by atoms with Gasteiger partial charge in [0, 0.05) is 30.2 Å². The van der Waals surface area contributed by atoms with Crippen LogP contribution in [0.4, 0.5) is 13.2 Å². The van der Waals surface area contributed by atoms with Crippen LogP contribution in [0.3, 0.4) is 0 Å². The second-order valence-corrected chi connectivity index (χ2v) is 10.9. The van der Waals surface area contributed by atoms with Gasteiger partial charge in [-0.2, -0.15) is 5.26 Å². The van der Waals surface area contributed by atoms with Gasteiger partial charge in [0.1, 0.15) is 29.9 Å². The van der Waals surface area contributed by atoms with Crippen molar-refractivity contribution in [1.29, 1.82) is 5.26 Å². The van der Waals surface area contributed by atoms with E-state index in [9.17, 15) is 14.3 Å². The van der Waals surface area contributed by atoms with Gasteiger partial charge in [-0.3, -0.25) is 0 Å². The Morgan fingerprint density at radius 3 is 2.62 bits per heavy atom. The number of rotatable bonds is 9. The summed E-state index contributed by atoms with van der Waals surface area (Å²) in [4.78, 5) is 20.7. The smallest absolute Gasteiger partial charge is 0.335 e. The molecule has 5 aromatic rings. The normalized spacial score (nSPS) is 15.2. The molecule has 0 spiro atoms. The molecule has 0 amide bonds. The molecule has 3 aromatic carbocycles. The topological polar surface area (TPSA) is 110 Å². The lowest BCUT2D eigenvalue weighted by molar-refractivity contribution is 0.0697. The van der Waals surface area contributed by atoms with Crippen LogP contribution in [-0.2, 0) is 17.8 Å². The minimum absolute atomic E-state index is 0.0517. The quantitative estimate of drug-likeness (QED) is 0.191. The molecule has 11 heteroatoms. The van der Waals surface area contributed by atoms with E-state index in [1.54, 1.807) is 12.1 Å². The maximum absolute atomic E-state index is 15.6. The van der Waals surface area contributed by atoms with Crippen molar-refractivity contribution in [2.75, 3.05) is 6.61 Å². The van der Waals surface area contributed by atoms with Gasteiger partial charge in [-0.15, -0.1) is 0 Å². The van der Waals surface area contributed by atoms with Gasteiger partial charge in [-0.1, -0.05) is 12.1 Å². The van der Waals surface area contributed by atoms with Crippen molar-refractivity contribution in [2.45, 2.75) is 44.9 Å². The van der Waals surface area contributed by atoms with Crippen LogP contribution < -0.4 is 4.74 Å². The van der Waals surface area contributed by atoms with Gasteiger partial charge in [0.05, 0.1) is 46.1 Å². The summed E-state index contributed by atoms with van der Waals surface area (Å²) in [6.07, 6.45) is 1.52. The summed E-state index contributed by atoms with van der Waals surface area (Å²) in [6.45, 7) is 2.39. The van der Waals surface area contributed by atoms with Gasteiger partial charge in [0.15, 0.2) is 0 Å². The highest BCUT2D eigenvalue weighted by molar-refractivity contribution is 5.92. The molecule has 0 saturated carbocycles. The Morgan fingerprint density at radius 2 is 1.89 bits per heavy atom. The molecule has 0 bridgehead atoms. The van der Waals surface area contributed by atoms with E-state index in [0.717, 1.165) is 31.0 Å². The number of nitrogens with zero attached hydrogens (tertiary/aromatic N) is 4. The molecule has 1 aliphatic rings. The van der Waals surface area contributed by atoms with Gasteiger partial charge >= 0.3 is 5.97 Å². The van der Waals surface area contributed by atoms with Gasteiger partial charge in [0.2, 0.25) is 5.88 Å². The summed E-state index contributed by atoms with van der Waals surface area (Å²) in [5.74, 6) is -2.53. The Balaban J connectivity index is 1.29. The van der Waals surface area contributed by atoms with E-state index in [-0.39, 0.29) is 64.6 Å². The zero-order chi connectivity index (χ0) is 31.7. The average Bonchev–Trinajstić information content (AvgIpc) is 3.70. The van der Waals surface area contributed by atoms with E-state index in [4.69, 9.17) is 14.7 Å². The lowest BCUT2D eigenvalue weighted by Crippen LogP contribution is -2.23. The third kappa shape index (κ3) is 6.10. The van der Waals surface area contributed by atoms with Crippen LogP contribution in [0.25, 0.3) is 22.3 Å². The SMILES string of the molecule is CC(C1CCCO1)n1c(Cc2cc(F)c(-c3cccc(OCc4ccc(C#N)cc4F)n3)cc2F)nc2ccc(C(=O)O)cc21. The van der Waals surface area contributed by atoms with E-state index in [1.807, 2.05) is 17.6 Å². The first-order chi connectivity index (χ1) is 21.7. The number of aromatic nitrogens is 3. The van der Waals surface area contributed by atoms with Gasteiger partial charge in [-0.05, 0) is 73.9 Å². The minimum Gasteiger partial charge on any atom is -0.478 e. The molecule has 6 rings (SSSR count). The van der Waals surface area contributed by atoms with E-state index in [0.29, 0.717) is 23.5 Å². The molecule has 0 aliphatic carbocycles. The number of ether oxygens (including phenoxy) is 2. The number of halogens is 3. The van der Waals surface area contributed by atoms with Crippen LogP contribution in [-0.4, -0.2) is 38.3 Å². The lowest BCUT2D eigenvalue weighted by Gasteiger charge is -2.23. The number of nitriles is 1. The average molecular weight is 613 g/mol. The number of carboxylic acid groups (broad SMARTS) is 1. The third-order valence-electron chi connectivity index (χ3n) is 7.96. The zero-order valence-electron chi connectivity index (χ0n) is 24.1. The molecule has 1 aliphatic heterocycles. The van der Waals surface area contributed by atoms with Gasteiger partial charge in [-0.25, -0.2) is 27.9 Å². The van der Waals surface area contributed by atoms with Crippen LogP contribution in [0, 0.1) is 28.8 Å². The van der Waals surface area contributed by atoms with Crippen LogP contribution >= 0.6 is 0 Å². The van der Waals surface area contributed by atoms with E-state index >= 15 is 8.78 Å². The zero-order valence-corrected chi connectivity index (χ0v) is 24.1. The number of imidazole rings is 1. The van der Waals surface area contributed by atoms with E-state index in [2.05, 4.69) is 9.97 Å². The Kier molecular flexibility index (Phi) is 8.24. The summed E-state index contributed by atoms with van der Waals surface area (Å²) < 4.78 is 58.8. The molecule has 45 heavy (non-hydrogen) atoms. The molecule has 1 saturated heterocycles. The van der Waals surface area contributed by atoms with Crippen LogP contribution in [0.5, 0.6) is 5.88 Å². The molecule has 2 unspecified atom stereocenters. The summed E-state index contributed by atoms with van der Waals surface area (Å²) >= 11 is 0. The molecule has 228 valence electrons. The maximum Gasteiger partial charge on any atom is 0.335 e. The summed E-state index contributed by atoms with van der Waals surface area (Å²) in [6, 6.07) is 17.0. The van der Waals surface area contributed by atoms with Gasteiger partial charge < -0.3 is 19.1 Å². The first-order valence-electron chi connectivity index (χ1n) is 14.3. The fourth-order valence-electron chi connectivity index (χ4n) is 5.63. The maximum atomic E-state index is 15.6. The predicted octanol–water partition coefficient (Wildman–Crippen LogP) is 7.00. The molecule has 1 fully saturated rings. The monoisotopic (exact) mass is 612 g/mol. The molecule has 8 nitrogen and oxygen atoms in total. The highest BCUT2D eigenvalue weighted by atomic mass is 19.1. The lowest BCUT2D eigenvalue weighted by atomic mass is 10.0. The van der Waals surface area contributed by atoms with Crippen molar-refractivity contribution in [3.05, 3.63) is 112 Å². The Hall–Kier alpha value is -5.21. The summed E-state index contributed by atoms with van der Waals surface area (Å²) in [5, 5.41) is 18.5. The highest BCUT2D eigenvalue weighted by Crippen LogP contribution is 2.32. The minimum atomic E-state index is -1.08. The van der Waals surface area contributed by atoms with Crippen molar-refractivity contribution in [3.63, 3.8) is 0 Å². The fraction of sp³-hybridized carbons (Fsp3) is 0.235. The molecule has 3 heterocycles. The van der Waals surface area contributed by atoms with Crippen molar-refractivity contribution in [2.24, 2.45) is 0 Å². The van der Waals surface area contributed by atoms with Gasteiger partial charge in [0.25, 0.3) is 0 Å². The molecular weight excluding hydrogens is 585 g/mol. The number of pyridine rings is 1. The Bertz CT molecular complexity index is 1960. The first kappa shape index (κ1) is 29.8. The molecule has 1 N–H and O–H groups in total. The third-order valence-corrected chi connectivity index (χ3v) is 7.96. The van der Waals surface area contributed by atoms with Crippen LogP contribution in [0.2, 0.25) is 0 Å². The number of hydrogen-bond donors (Lipinski definition) is 1. The Labute approximate surface area is 256 Å². The largest absolute Gasteiger partial charge is 0.478 e. The Morgan fingerprint density at radius 1 is 1.07 bits per heavy atom. The van der Waals surface area contributed by atoms with Crippen molar-refractivity contribution in [1.82, 2.24) is 14.5 Å². The van der Waals surface area contributed by atoms with Crippen molar-refractivity contribution in [3.8, 4) is 23.2 Å². The number of benzene rings is 3. The number of aromatic carboxylic acids is 1. The second kappa shape index (κ2) is 12.4. The second-order valence-electron chi connectivity index (χ2n) is 10.9. The number of fused-ring (bicyclic) bond motifs is 1. The van der Waals surface area contributed by atoms with Crippen molar-refractivity contribution >= 4 is 17.0 Å². The summed E-state index contributed by atoms with van der Waals surface area (Å²) in [7, 11) is 0. The highest BCUT2D eigenvalue weighted by Gasteiger charge is 2.28. The standard InChI is InChI=1S/C34H27F3N4O4/c1-19(31-5-3-11-44-31)41-30-14-21(34(42)43)9-10-29(30)39-32(41)15-23-13-27(37)24(16-26(23)36)28-4-2-6-33(40-28)45-18-22-8-7-20(17-38)12-25(22)35/h2,4,6-10,12-14,16,19,31H,3,5,11,15,18H2,1H3,(H,42,43). The summed E-state index contributed by atoms with van der Waals surface area (Å²) in [5.41, 5.74) is 1.70. The predicted molar refractivity (Wildman–Crippen MR) is 158 cm³/mol. The molecule has 2 aromatic heterocycles. The van der Waals surface area contributed by atoms with Crippen molar-refractivity contribution < 1.29 is 32.5 Å². The van der Waals surface area contributed by atoms with Crippen LogP contribution in [0.15, 0.2) is 66.7 Å². The van der Waals surface area contributed by atoms with Crippen LogP contribution in [0.1, 0.15) is 58.7 Å². The molecule has 0 radical (unpaired) electrons. The fourth-order valence-corrected chi connectivity index (χ4v) is 5.63. The molecule has 2 atom stereocenters.